The van der Waals surface area contributed by atoms with E-state index in [0.29, 0.717) is 6.42 Å². The zero-order chi connectivity index (χ0) is 11.9. The molecule has 0 amide bonds. The summed E-state index contributed by atoms with van der Waals surface area (Å²) in [5.41, 5.74) is -0.772. The van der Waals surface area contributed by atoms with E-state index in [1.807, 2.05) is 21.0 Å². The van der Waals surface area contributed by atoms with Crippen LogP contribution in [-0.4, -0.2) is 48.7 Å². The quantitative estimate of drug-likeness (QED) is 0.639. The average Bonchev–Trinajstić information content (AvgIpc) is 2.14. The molecule has 0 saturated heterocycles. The van der Waals surface area contributed by atoms with Crippen molar-refractivity contribution in [3.63, 3.8) is 0 Å². The predicted octanol–water partition coefficient (Wildman–Crippen LogP) is 1.17. The van der Waals surface area contributed by atoms with E-state index in [2.05, 4.69) is 10.2 Å². The molecule has 1 atom stereocenters. The molecule has 0 heterocycles. The van der Waals surface area contributed by atoms with Crippen molar-refractivity contribution in [3.8, 4) is 0 Å². The van der Waals surface area contributed by atoms with Gasteiger partial charge in [-0.05, 0) is 53.4 Å². The van der Waals surface area contributed by atoms with Gasteiger partial charge in [-0.3, -0.25) is 4.79 Å². The van der Waals surface area contributed by atoms with Crippen molar-refractivity contribution >= 4 is 5.97 Å². The summed E-state index contributed by atoms with van der Waals surface area (Å²) in [6, 6.07) is 0. The van der Waals surface area contributed by atoms with Crippen LogP contribution in [0.4, 0.5) is 0 Å². The number of carboxylic acid groups (broad SMARTS) is 1. The Morgan fingerprint density at radius 1 is 1.47 bits per heavy atom. The standard InChI is InChI=1S/C11H24N2O2/c1-5-8-12-11(2,10(14)15)7-6-9-13(3)4/h12H,5-9H2,1-4H3,(H,14,15). The summed E-state index contributed by atoms with van der Waals surface area (Å²) in [7, 11) is 4.00. The van der Waals surface area contributed by atoms with Gasteiger partial charge in [0.1, 0.15) is 5.54 Å². The Bertz CT molecular complexity index is 195. The van der Waals surface area contributed by atoms with Crippen molar-refractivity contribution in [2.75, 3.05) is 27.2 Å². The molecule has 0 bridgehead atoms. The molecule has 0 rings (SSSR count). The fourth-order valence-corrected chi connectivity index (χ4v) is 1.42. The molecule has 2 N–H and O–H groups in total. The number of carbonyl (C=O) groups is 1. The first-order valence-corrected chi connectivity index (χ1v) is 5.55. The average molecular weight is 216 g/mol. The molecular weight excluding hydrogens is 192 g/mol. The Balaban J connectivity index is 4.07. The second-order valence-corrected chi connectivity index (χ2v) is 4.47. The molecule has 0 aliphatic rings. The maximum atomic E-state index is 11.1. The third-order valence-corrected chi connectivity index (χ3v) is 2.52. The Labute approximate surface area is 92.7 Å². The highest BCUT2D eigenvalue weighted by Gasteiger charge is 2.31. The number of aliphatic carboxylic acids is 1. The van der Waals surface area contributed by atoms with Crippen LogP contribution in [0, 0.1) is 0 Å². The fourth-order valence-electron chi connectivity index (χ4n) is 1.42. The van der Waals surface area contributed by atoms with E-state index < -0.39 is 11.5 Å². The van der Waals surface area contributed by atoms with Crippen LogP contribution in [0.15, 0.2) is 0 Å². The second-order valence-electron chi connectivity index (χ2n) is 4.47. The second kappa shape index (κ2) is 6.80. The van der Waals surface area contributed by atoms with Crippen molar-refractivity contribution in [2.24, 2.45) is 0 Å². The van der Waals surface area contributed by atoms with E-state index in [0.717, 1.165) is 25.9 Å². The summed E-state index contributed by atoms with van der Waals surface area (Å²) in [6.45, 7) is 5.48. The highest BCUT2D eigenvalue weighted by molar-refractivity contribution is 5.78. The van der Waals surface area contributed by atoms with Gasteiger partial charge in [0.2, 0.25) is 0 Å². The van der Waals surface area contributed by atoms with Crippen molar-refractivity contribution in [1.29, 1.82) is 0 Å². The molecule has 90 valence electrons. The van der Waals surface area contributed by atoms with Crippen molar-refractivity contribution in [2.45, 2.75) is 38.6 Å². The highest BCUT2D eigenvalue weighted by atomic mass is 16.4. The normalized spacial score (nSPS) is 15.3. The Morgan fingerprint density at radius 2 is 2.07 bits per heavy atom. The number of carboxylic acids is 1. The first-order chi connectivity index (χ1) is 6.92. The van der Waals surface area contributed by atoms with Crippen molar-refractivity contribution in [3.05, 3.63) is 0 Å². The monoisotopic (exact) mass is 216 g/mol. The molecule has 0 aromatic heterocycles. The topological polar surface area (TPSA) is 52.6 Å². The van der Waals surface area contributed by atoms with Crippen molar-refractivity contribution < 1.29 is 9.90 Å². The van der Waals surface area contributed by atoms with Crippen LogP contribution in [0.2, 0.25) is 0 Å². The molecule has 0 spiro atoms. The fraction of sp³-hybridized carbons (Fsp3) is 0.909. The van der Waals surface area contributed by atoms with Gasteiger partial charge in [-0.2, -0.15) is 0 Å². The Morgan fingerprint density at radius 3 is 2.47 bits per heavy atom. The van der Waals surface area contributed by atoms with Crippen LogP contribution in [0.25, 0.3) is 0 Å². The summed E-state index contributed by atoms with van der Waals surface area (Å²) in [5.74, 6) is -0.755. The Hall–Kier alpha value is -0.610. The molecule has 4 nitrogen and oxygen atoms in total. The van der Waals surface area contributed by atoms with Gasteiger partial charge in [0.25, 0.3) is 0 Å². The van der Waals surface area contributed by atoms with Crippen LogP contribution in [0.1, 0.15) is 33.1 Å². The number of nitrogens with one attached hydrogen (secondary N) is 1. The molecule has 0 aromatic carbocycles. The first kappa shape index (κ1) is 14.4. The SMILES string of the molecule is CCCNC(C)(CCCN(C)C)C(=O)O. The van der Waals surface area contributed by atoms with Gasteiger partial charge >= 0.3 is 5.97 Å². The summed E-state index contributed by atoms with van der Waals surface area (Å²) in [4.78, 5) is 13.2. The summed E-state index contributed by atoms with van der Waals surface area (Å²) in [5, 5.41) is 12.2. The number of hydrogen-bond donors (Lipinski definition) is 2. The lowest BCUT2D eigenvalue weighted by Gasteiger charge is -2.26. The maximum Gasteiger partial charge on any atom is 0.323 e. The minimum Gasteiger partial charge on any atom is -0.480 e. The smallest absolute Gasteiger partial charge is 0.323 e. The third kappa shape index (κ3) is 5.74. The highest BCUT2D eigenvalue weighted by Crippen LogP contribution is 2.13. The zero-order valence-corrected chi connectivity index (χ0v) is 10.3. The molecule has 15 heavy (non-hydrogen) atoms. The number of hydrogen-bond acceptors (Lipinski definition) is 3. The predicted molar refractivity (Wildman–Crippen MR) is 62.1 cm³/mol. The minimum atomic E-state index is -0.772. The van der Waals surface area contributed by atoms with Crippen LogP contribution < -0.4 is 5.32 Å². The maximum absolute atomic E-state index is 11.1. The molecule has 0 fully saturated rings. The largest absolute Gasteiger partial charge is 0.480 e. The molecule has 1 unspecified atom stereocenters. The van der Waals surface area contributed by atoms with E-state index in [-0.39, 0.29) is 0 Å². The van der Waals surface area contributed by atoms with E-state index in [1.54, 1.807) is 6.92 Å². The summed E-state index contributed by atoms with van der Waals surface area (Å²) < 4.78 is 0. The molecule has 0 radical (unpaired) electrons. The molecular formula is C11H24N2O2. The van der Waals surface area contributed by atoms with Gasteiger partial charge in [0.15, 0.2) is 0 Å². The van der Waals surface area contributed by atoms with Crippen LogP contribution in [0.5, 0.6) is 0 Å². The molecule has 0 saturated carbocycles. The van der Waals surface area contributed by atoms with Crippen LogP contribution >= 0.6 is 0 Å². The molecule has 4 heteroatoms. The summed E-state index contributed by atoms with van der Waals surface area (Å²) >= 11 is 0. The minimum absolute atomic E-state index is 0.667. The lowest BCUT2D eigenvalue weighted by Crippen LogP contribution is -2.50. The van der Waals surface area contributed by atoms with Gasteiger partial charge in [0.05, 0.1) is 0 Å². The lowest BCUT2D eigenvalue weighted by molar-refractivity contribution is -0.144. The van der Waals surface area contributed by atoms with Gasteiger partial charge < -0.3 is 15.3 Å². The zero-order valence-electron chi connectivity index (χ0n) is 10.3. The van der Waals surface area contributed by atoms with E-state index in [4.69, 9.17) is 5.11 Å². The van der Waals surface area contributed by atoms with Crippen molar-refractivity contribution in [1.82, 2.24) is 10.2 Å². The first-order valence-electron chi connectivity index (χ1n) is 5.55. The van der Waals surface area contributed by atoms with Crippen LogP contribution in [-0.2, 0) is 4.79 Å². The van der Waals surface area contributed by atoms with Gasteiger partial charge in [-0.1, -0.05) is 6.92 Å². The van der Waals surface area contributed by atoms with Gasteiger partial charge in [0, 0.05) is 0 Å². The Kier molecular flexibility index (Phi) is 6.52. The van der Waals surface area contributed by atoms with E-state index >= 15 is 0 Å². The summed E-state index contributed by atoms with van der Waals surface area (Å²) in [6.07, 6.45) is 2.52. The molecule has 0 aliphatic carbocycles. The third-order valence-electron chi connectivity index (χ3n) is 2.52. The van der Waals surface area contributed by atoms with Gasteiger partial charge in [-0.25, -0.2) is 0 Å². The van der Waals surface area contributed by atoms with E-state index in [9.17, 15) is 4.79 Å². The molecule has 0 aromatic rings. The van der Waals surface area contributed by atoms with E-state index in [1.165, 1.54) is 0 Å². The lowest BCUT2D eigenvalue weighted by atomic mass is 9.95. The number of rotatable bonds is 8. The molecule has 0 aliphatic heterocycles. The van der Waals surface area contributed by atoms with Crippen LogP contribution in [0.3, 0.4) is 0 Å². The number of nitrogens with zero attached hydrogens (tertiary/aromatic N) is 1. The van der Waals surface area contributed by atoms with Gasteiger partial charge in [-0.15, -0.1) is 0 Å².